The van der Waals surface area contributed by atoms with Crippen LogP contribution in [0.15, 0.2) is 18.5 Å². The minimum Gasteiger partial charge on any atom is -0.310 e. The van der Waals surface area contributed by atoms with Crippen molar-refractivity contribution in [1.29, 1.82) is 0 Å². The van der Waals surface area contributed by atoms with Crippen molar-refractivity contribution in [2.75, 3.05) is 6.54 Å². The molecule has 1 heterocycles. The molecule has 0 spiro atoms. The standard InChI is InChI=1S/C11H17FN2/c1-3-5-11(14-4-2)9-6-7-13-8-10(9)12/h6-8,11,14H,3-5H2,1-2H3. The number of nitrogens with zero attached hydrogens (tertiary/aromatic N) is 1. The van der Waals surface area contributed by atoms with Crippen molar-refractivity contribution in [2.45, 2.75) is 32.7 Å². The summed E-state index contributed by atoms with van der Waals surface area (Å²) in [5.74, 6) is -0.216. The minimum atomic E-state index is -0.216. The zero-order valence-electron chi connectivity index (χ0n) is 8.76. The first-order valence-corrected chi connectivity index (χ1v) is 5.12. The van der Waals surface area contributed by atoms with Crippen LogP contribution in [0.2, 0.25) is 0 Å². The third-order valence-electron chi connectivity index (χ3n) is 2.21. The normalized spacial score (nSPS) is 12.8. The highest BCUT2D eigenvalue weighted by molar-refractivity contribution is 5.17. The molecule has 1 aromatic heterocycles. The third kappa shape index (κ3) is 2.77. The molecule has 0 aliphatic rings. The molecule has 1 unspecified atom stereocenters. The zero-order valence-corrected chi connectivity index (χ0v) is 8.76. The summed E-state index contributed by atoms with van der Waals surface area (Å²) in [4.78, 5) is 3.74. The lowest BCUT2D eigenvalue weighted by molar-refractivity contribution is 0.479. The Kier molecular flexibility index (Phi) is 4.53. The molecule has 0 aliphatic heterocycles. The quantitative estimate of drug-likeness (QED) is 0.783. The van der Waals surface area contributed by atoms with Gasteiger partial charge < -0.3 is 5.32 Å². The van der Waals surface area contributed by atoms with E-state index in [1.165, 1.54) is 6.20 Å². The first kappa shape index (κ1) is 11.1. The van der Waals surface area contributed by atoms with E-state index in [0.717, 1.165) is 24.9 Å². The number of aromatic nitrogens is 1. The molecule has 0 saturated heterocycles. The number of pyridine rings is 1. The highest BCUT2D eigenvalue weighted by Gasteiger charge is 2.12. The van der Waals surface area contributed by atoms with E-state index >= 15 is 0 Å². The lowest BCUT2D eigenvalue weighted by Gasteiger charge is -2.17. The largest absolute Gasteiger partial charge is 0.310 e. The summed E-state index contributed by atoms with van der Waals surface area (Å²) < 4.78 is 13.4. The van der Waals surface area contributed by atoms with Gasteiger partial charge in [0.2, 0.25) is 0 Å². The van der Waals surface area contributed by atoms with Crippen molar-refractivity contribution >= 4 is 0 Å². The molecule has 2 nitrogen and oxygen atoms in total. The van der Waals surface area contributed by atoms with Gasteiger partial charge in [-0.1, -0.05) is 20.3 Å². The molecule has 1 aromatic rings. The molecule has 0 fully saturated rings. The van der Waals surface area contributed by atoms with E-state index in [2.05, 4.69) is 17.2 Å². The average molecular weight is 196 g/mol. The molecule has 78 valence electrons. The van der Waals surface area contributed by atoms with Crippen LogP contribution in [0.1, 0.15) is 38.3 Å². The van der Waals surface area contributed by atoms with Gasteiger partial charge >= 0.3 is 0 Å². The van der Waals surface area contributed by atoms with Crippen LogP contribution in [0.25, 0.3) is 0 Å². The molecule has 0 saturated carbocycles. The van der Waals surface area contributed by atoms with Gasteiger partial charge in [-0.15, -0.1) is 0 Å². The predicted octanol–water partition coefficient (Wildman–Crippen LogP) is 2.67. The van der Waals surface area contributed by atoms with Crippen LogP contribution in [-0.4, -0.2) is 11.5 Å². The summed E-state index contributed by atoms with van der Waals surface area (Å²) in [5, 5.41) is 3.27. The summed E-state index contributed by atoms with van der Waals surface area (Å²) in [6.45, 7) is 4.98. The van der Waals surface area contributed by atoms with Crippen LogP contribution in [0, 0.1) is 5.82 Å². The molecule has 0 bridgehead atoms. The Morgan fingerprint density at radius 1 is 1.50 bits per heavy atom. The van der Waals surface area contributed by atoms with Crippen molar-refractivity contribution in [3.63, 3.8) is 0 Å². The first-order chi connectivity index (χ1) is 6.79. The lowest BCUT2D eigenvalue weighted by Crippen LogP contribution is -2.21. The van der Waals surface area contributed by atoms with Crippen molar-refractivity contribution in [1.82, 2.24) is 10.3 Å². The van der Waals surface area contributed by atoms with E-state index < -0.39 is 0 Å². The Morgan fingerprint density at radius 3 is 2.86 bits per heavy atom. The van der Waals surface area contributed by atoms with E-state index in [9.17, 15) is 4.39 Å². The van der Waals surface area contributed by atoms with Gasteiger partial charge in [0, 0.05) is 17.8 Å². The average Bonchev–Trinajstić information content (AvgIpc) is 2.18. The number of halogens is 1. The van der Waals surface area contributed by atoms with E-state index in [0.29, 0.717) is 0 Å². The predicted molar refractivity (Wildman–Crippen MR) is 55.5 cm³/mol. The second-order valence-electron chi connectivity index (χ2n) is 3.30. The van der Waals surface area contributed by atoms with E-state index in [1.54, 1.807) is 12.3 Å². The van der Waals surface area contributed by atoms with E-state index in [-0.39, 0.29) is 11.9 Å². The fourth-order valence-electron chi connectivity index (χ4n) is 1.57. The molecule has 0 aliphatic carbocycles. The molecular formula is C11H17FN2. The smallest absolute Gasteiger partial charge is 0.146 e. The topological polar surface area (TPSA) is 24.9 Å². The molecule has 1 atom stereocenters. The molecule has 0 radical (unpaired) electrons. The monoisotopic (exact) mass is 196 g/mol. The molecule has 1 rings (SSSR count). The van der Waals surface area contributed by atoms with Crippen LogP contribution in [0.5, 0.6) is 0 Å². The highest BCUT2D eigenvalue weighted by atomic mass is 19.1. The fourth-order valence-corrected chi connectivity index (χ4v) is 1.57. The maximum atomic E-state index is 13.4. The van der Waals surface area contributed by atoms with Gasteiger partial charge in [0.15, 0.2) is 0 Å². The second kappa shape index (κ2) is 5.70. The van der Waals surface area contributed by atoms with Gasteiger partial charge in [0.25, 0.3) is 0 Å². The Bertz CT molecular complexity index is 270. The van der Waals surface area contributed by atoms with Crippen LogP contribution in [0.3, 0.4) is 0 Å². The Labute approximate surface area is 84.6 Å². The molecule has 0 aromatic carbocycles. The summed E-state index contributed by atoms with van der Waals surface area (Å²) in [6, 6.07) is 1.87. The summed E-state index contributed by atoms with van der Waals surface area (Å²) in [6.07, 6.45) is 4.90. The van der Waals surface area contributed by atoms with Crippen molar-refractivity contribution < 1.29 is 4.39 Å². The van der Waals surface area contributed by atoms with E-state index in [4.69, 9.17) is 0 Å². The number of hydrogen-bond donors (Lipinski definition) is 1. The zero-order chi connectivity index (χ0) is 10.4. The van der Waals surface area contributed by atoms with E-state index in [1.807, 2.05) is 6.92 Å². The third-order valence-corrected chi connectivity index (χ3v) is 2.21. The van der Waals surface area contributed by atoms with Crippen molar-refractivity contribution in [2.24, 2.45) is 0 Å². The summed E-state index contributed by atoms with van der Waals surface area (Å²) >= 11 is 0. The lowest BCUT2D eigenvalue weighted by atomic mass is 10.0. The van der Waals surface area contributed by atoms with Crippen LogP contribution < -0.4 is 5.32 Å². The maximum Gasteiger partial charge on any atom is 0.146 e. The molecule has 1 N–H and O–H groups in total. The van der Waals surface area contributed by atoms with Crippen LogP contribution in [0.4, 0.5) is 4.39 Å². The van der Waals surface area contributed by atoms with Crippen LogP contribution >= 0.6 is 0 Å². The summed E-state index contributed by atoms with van der Waals surface area (Å²) in [5.41, 5.74) is 0.726. The first-order valence-electron chi connectivity index (χ1n) is 5.12. The Morgan fingerprint density at radius 2 is 2.29 bits per heavy atom. The van der Waals surface area contributed by atoms with Gasteiger partial charge in [-0.05, 0) is 19.0 Å². The number of hydrogen-bond acceptors (Lipinski definition) is 2. The Balaban J connectivity index is 2.81. The highest BCUT2D eigenvalue weighted by Crippen LogP contribution is 2.20. The van der Waals surface area contributed by atoms with Gasteiger partial charge in [-0.25, -0.2) is 4.39 Å². The van der Waals surface area contributed by atoms with Crippen molar-refractivity contribution in [3.05, 3.63) is 29.8 Å². The Hall–Kier alpha value is -0.960. The molecule has 0 amide bonds. The minimum absolute atomic E-state index is 0.119. The molecular weight excluding hydrogens is 179 g/mol. The number of nitrogens with one attached hydrogen (secondary N) is 1. The summed E-state index contributed by atoms with van der Waals surface area (Å²) in [7, 11) is 0. The SMILES string of the molecule is CCCC(NCC)c1ccncc1F. The van der Waals surface area contributed by atoms with Gasteiger partial charge in [-0.3, -0.25) is 4.98 Å². The molecule has 14 heavy (non-hydrogen) atoms. The van der Waals surface area contributed by atoms with Gasteiger partial charge in [-0.2, -0.15) is 0 Å². The number of rotatable bonds is 5. The van der Waals surface area contributed by atoms with Crippen molar-refractivity contribution in [3.8, 4) is 0 Å². The van der Waals surface area contributed by atoms with Gasteiger partial charge in [0.1, 0.15) is 5.82 Å². The van der Waals surface area contributed by atoms with Crippen LogP contribution in [-0.2, 0) is 0 Å². The maximum absolute atomic E-state index is 13.4. The van der Waals surface area contributed by atoms with Gasteiger partial charge in [0.05, 0.1) is 6.20 Å². The second-order valence-corrected chi connectivity index (χ2v) is 3.30. The fraction of sp³-hybridized carbons (Fsp3) is 0.545. The molecule has 3 heteroatoms.